The van der Waals surface area contributed by atoms with Gasteiger partial charge in [-0.25, -0.2) is 0 Å². The van der Waals surface area contributed by atoms with Crippen LogP contribution in [0.3, 0.4) is 0 Å². The minimum Gasteiger partial charge on any atom is -0.299 e. The largest absolute Gasteiger partial charge is 0.299 e. The maximum absolute atomic E-state index is 2.56. The Morgan fingerprint density at radius 3 is 2.20 bits per heavy atom. The summed E-state index contributed by atoms with van der Waals surface area (Å²) >= 11 is 5.12. The first-order valence-electron chi connectivity index (χ1n) is 3.63. The second kappa shape index (κ2) is 3.43. The lowest BCUT2D eigenvalue weighted by Gasteiger charge is -2.20. The summed E-state index contributed by atoms with van der Waals surface area (Å²) in [4.78, 5) is 2.54. The third kappa shape index (κ3) is 2.48. The Morgan fingerprint density at radius 1 is 1.40 bits per heavy atom. The number of halogens is 2. The summed E-state index contributed by atoms with van der Waals surface area (Å²) in [6.07, 6.45) is 1.34. The molecule has 0 saturated carbocycles. The summed E-state index contributed by atoms with van der Waals surface area (Å²) in [5.74, 6) is 0. The summed E-state index contributed by atoms with van der Waals surface area (Å²) < 4.78 is 0.514. The van der Waals surface area contributed by atoms with Crippen molar-refractivity contribution in [3.05, 3.63) is 0 Å². The highest BCUT2D eigenvalue weighted by atomic mass is 127. The summed E-state index contributed by atoms with van der Waals surface area (Å²) in [6.45, 7) is 7.08. The van der Waals surface area contributed by atoms with Crippen LogP contribution in [0.25, 0.3) is 0 Å². The molecule has 0 unspecified atom stereocenters. The van der Waals surface area contributed by atoms with Gasteiger partial charge in [0.15, 0.2) is 0 Å². The van der Waals surface area contributed by atoms with Crippen LogP contribution < -0.4 is 0 Å². The molecular weight excluding hydrogens is 352 g/mol. The molecule has 0 aromatic carbocycles. The zero-order valence-electron chi connectivity index (χ0n) is 6.40. The van der Waals surface area contributed by atoms with E-state index in [1.165, 1.54) is 19.5 Å². The quantitative estimate of drug-likeness (QED) is 0.510. The number of nitrogens with zero attached hydrogens (tertiary/aromatic N) is 1. The molecule has 1 heterocycles. The normalized spacial score (nSPS) is 26.1. The van der Waals surface area contributed by atoms with Gasteiger partial charge in [0.05, 0.1) is 1.43 Å². The van der Waals surface area contributed by atoms with Crippen molar-refractivity contribution in [1.82, 2.24) is 4.90 Å². The van der Waals surface area contributed by atoms with E-state index in [1.807, 2.05) is 0 Å². The molecule has 60 valence electrons. The highest BCUT2D eigenvalue weighted by Gasteiger charge is 2.33. The molecule has 1 nitrogen and oxygen atoms in total. The molecule has 1 saturated heterocycles. The van der Waals surface area contributed by atoms with Crippen molar-refractivity contribution in [1.29, 1.82) is 0 Å². The second-order valence-electron chi connectivity index (χ2n) is 3.17. The smallest absolute Gasteiger partial charge is 0.0872 e. The molecule has 0 bridgehead atoms. The molecule has 1 aliphatic heterocycles. The first-order valence-corrected chi connectivity index (χ1v) is 5.79. The van der Waals surface area contributed by atoms with E-state index >= 15 is 0 Å². The average molecular weight is 365 g/mol. The molecule has 0 N–H and O–H groups in total. The van der Waals surface area contributed by atoms with Crippen molar-refractivity contribution in [3.8, 4) is 0 Å². The molecule has 0 radical (unpaired) electrons. The first kappa shape index (κ1) is 9.51. The summed E-state index contributed by atoms with van der Waals surface area (Å²) in [5, 5.41) is 0. The maximum atomic E-state index is 2.56. The highest BCUT2D eigenvalue weighted by Crippen LogP contribution is 2.37. The number of hydrogen-bond donors (Lipinski definition) is 0. The standard InChI is InChI=1S/C7H13I2N/c1-6(2)10-4-3-7(8,9)5-10/h6H,3-5H2,1-2H3. The van der Waals surface area contributed by atoms with Crippen LogP contribution >= 0.6 is 45.2 Å². The Labute approximate surface area is 90.2 Å². The van der Waals surface area contributed by atoms with Crippen LogP contribution in [0.2, 0.25) is 0 Å². The SMILES string of the molecule is CC(C)N1CCC(I)(I)C1. The summed E-state index contributed by atoms with van der Waals surface area (Å²) in [5.41, 5.74) is 0. The molecular formula is C7H13I2N. The van der Waals surface area contributed by atoms with Gasteiger partial charge in [-0.3, -0.25) is 4.90 Å². The van der Waals surface area contributed by atoms with Gasteiger partial charge in [-0.05, 0) is 20.3 Å². The van der Waals surface area contributed by atoms with Crippen molar-refractivity contribution in [2.45, 2.75) is 27.7 Å². The third-order valence-corrected chi connectivity index (χ3v) is 3.69. The second-order valence-corrected chi connectivity index (χ2v) is 9.36. The van der Waals surface area contributed by atoms with Gasteiger partial charge < -0.3 is 0 Å². The molecule has 0 amide bonds. The van der Waals surface area contributed by atoms with Gasteiger partial charge >= 0.3 is 0 Å². The molecule has 3 heteroatoms. The molecule has 0 atom stereocenters. The molecule has 1 rings (SSSR count). The summed E-state index contributed by atoms with van der Waals surface area (Å²) in [6, 6.07) is 0.728. The third-order valence-electron chi connectivity index (χ3n) is 1.93. The Hall–Kier alpha value is 1.42. The molecule has 0 spiro atoms. The Balaban J connectivity index is 2.43. The fourth-order valence-electron chi connectivity index (χ4n) is 1.20. The zero-order valence-corrected chi connectivity index (χ0v) is 10.7. The van der Waals surface area contributed by atoms with Crippen LogP contribution in [0.4, 0.5) is 0 Å². The zero-order chi connectivity index (χ0) is 7.78. The van der Waals surface area contributed by atoms with Gasteiger partial charge in [0.25, 0.3) is 0 Å². The number of alkyl halides is 2. The number of hydrogen-bond acceptors (Lipinski definition) is 1. The van der Waals surface area contributed by atoms with E-state index in [-0.39, 0.29) is 0 Å². The maximum Gasteiger partial charge on any atom is 0.0872 e. The molecule has 0 aliphatic carbocycles. The molecule has 0 aromatic rings. The molecule has 1 fully saturated rings. The van der Waals surface area contributed by atoms with Gasteiger partial charge in [0.1, 0.15) is 0 Å². The van der Waals surface area contributed by atoms with Gasteiger partial charge in [-0.2, -0.15) is 0 Å². The van der Waals surface area contributed by atoms with Crippen LogP contribution in [0.15, 0.2) is 0 Å². The Kier molecular flexibility index (Phi) is 3.26. The fraction of sp³-hybridized carbons (Fsp3) is 1.00. The van der Waals surface area contributed by atoms with Gasteiger partial charge in [-0.15, -0.1) is 0 Å². The van der Waals surface area contributed by atoms with E-state index in [1.54, 1.807) is 0 Å². The van der Waals surface area contributed by atoms with Crippen molar-refractivity contribution < 1.29 is 0 Å². The minimum atomic E-state index is 0.514. The van der Waals surface area contributed by atoms with E-state index in [4.69, 9.17) is 0 Å². The van der Waals surface area contributed by atoms with Crippen molar-refractivity contribution in [2.24, 2.45) is 0 Å². The number of likely N-dealkylation sites (tertiary alicyclic amines) is 1. The van der Waals surface area contributed by atoms with E-state index < -0.39 is 0 Å². The van der Waals surface area contributed by atoms with Crippen molar-refractivity contribution in [3.63, 3.8) is 0 Å². The first-order chi connectivity index (χ1) is 4.51. The lowest BCUT2D eigenvalue weighted by molar-refractivity contribution is 0.277. The number of rotatable bonds is 1. The van der Waals surface area contributed by atoms with Crippen LogP contribution in [0.1, 0.15) is 20.3 Å². The molecule has 1 aliphatic rings. The average Bonchev–Trinajstić information content (AvgIpc) is 2.10. The monoisotopic (exact) mass is 365 g/mol. The molecule has 10 heavy (non-hydrogen) atoms. The van der Waals surface area contributed by atoms with Crippen LogP contribution in [-0.4, -0.2) is 25.5 Å². The lowest BCUT2D eigenvalue weighted by Crippen LogP contribution is -2.29. The Bertz CT molecular complexity index is 123. The van der Waals surface area contributed by atoms with Crippen molar-refractivity contribution >= 4 is 45.2 Å². The topological polar surface area (TPSA) is 3.24 Å². The van der Waals surface area contributed by atoms with Gasteiger partial charge in [0.2, 0.25) is 0 Å². The van der Waals surface area contributed by atoms with Gasteiger partial charge in [0, 0.05) is 19.1 Å². The van der Waals surface area contributed by atoms with E-state index in [0.29, 0.717) is 1.43 Å². The van der Waals surface area contributed by atoms with Crippen LogP contribution in [-0.2, 0) is 0 Å². The highest BCUT2D eigenvalue weighted by molar-refractivity contribution is 14.2. The Morgan fingerprint density at radius 2 is 2.00 bits per heavy atom. The van der Waals surface area contributed by atoms with Crippen molar-refractivity contribution in [2.75, 3.05) is 13.1 Å². The van der Waals surface area contributed by atoms with E-state index in [2.05, 4.69) is 63.9 Å². The lowest BCUT2D eigenvalue weighted by atomic mass is 10.3. The fourth-order valence-corrected chi connectivity index (χ4v) is 2.56. The molecule has 0 aromatic heterocycles. The van der Waals surface area contributed by atoms with Crippen LogP contribution in [0.5, 0.6) is 0 Å². The van der Waals surface area contributed by atoms with E-state index in [9.17, 15) is 0 Å². The predicted octanol–water partition coefficient (Wildman–Crippen LogP) is 2.67. The van der Waals surface area contributed by atoms with Gasteiger partial charge in [-0.1, -0.05) is 45.2 Å². The van der Waals surface area contributed by atoms with Crippen LogP contribution in [0, 0.1) is 0 Å². The summed E-state index contributed by atoms with van der Waals surface area (Å²) in [7, 11) is 0. The predicted molar refractivity (Wildman–Crippen MR) is 62.1 cm³/mol. The minimum absolute atomic E-state index is 0.514. The van der Waals surface area contributed by atoms with E-state index in [0.717, 1.165) is 6.04 Å².